The molecule has 1 unspecified atom stereocenters. The molecule has 0 aromatic rings. The largest absolute Gasteiger partial charge is 0.469 e. The summed E-state index contributed by atoms with van der Waals surface area (Å²) in [5, 5.41) is 12.0. The van der Waals surface area contributed by atoms with Crippen molar-refractivity contribution in [2.24, 2.45) is 0 Å². The van der Waals surface area contributed by atoms with E-state index >= 15 is 0 Å². The highest BCUT2D eigenvalue weighted by molar-refractivity contribution is 5.69. The third-order valence-corrected chi connectivity index (χ3v) is 2.91. The van der Waals surface area contributed by atoms with Gasteiger partial charge in [-0.3, -0.25) is 4.79 Å². The molecule has 1 rings (SSSR count). The molecule has 0 aromatic heterocycles. The number of nitrogens with zero attached hydrogens (tertiary/aromatic N) is 1. The molecule has 1 saturated heterocycles. The molecule has 1 fully saturated rings. The van der Waals surface area contributed by atoms with Gasteiger partial charge in [-0.2, -0.15) is 0 Å². The summed E-state index contributed by atoms with van der Waals surface area (Å²) in [7, 11) is 1.42. The van der Waals surface area contributed by atoms with E-state index in [2.05, 4.69) is 15.0 Å². The van der Waals surface area contributed by atoms with Crippen molar-refractivity contribution in [3.05, 3.63) is 0 Å². The van der Waals surface area contributed by atoms with Crippen molar-refractivity contribution >= 4 is 5.97 Å². The average Bonchev–Trinajstić information content (AvgIpc) is 2.34. The number of methoxy groups -OCH3 is 1. The predicted octanol–water partition coefficient (Wildman–Crippen LogP) is -0.404. The maximum absolute atomic E-state index is 11.0. The van der Waals surface area contributed by atoms with E-state index in [1.54, 1.807) is 0 Å². The molecule has 94 valence electrons. The number of esters is 1. The van der Waals surface area contributed by atoms with Crippen LogP contribution in [0.15, 0.2) is 0 Å². The van der Waals surface area contributed by atoms with Crippen molar-refractivity contribution in [2.45, 2.75) is 25.3 Å². The minimum atomic E-state index is -0.148. The minimum absolute atomic E-state index is 0.148. The van der Waals surface area contributed by atoms with E-state index in [0.717, 1.165) is 32.5 Å². The normalized spacial score (nSPS) is 22.0. The van der Waals surface area contributed by atoms with E-state index in [4.69, 9.17) is 5.11 Å². The summed E-state index contributed by atoms with van der Waals surface area (Å²) >= 11 is 0. The molecule has 2 N–H and O–H groups in total. The van der Waals surface area contributed by atoms with Crippen LogP contribution in [0.4, 0.5) is 0 Å². The predicted molar refractivity (Wildman–Crippen MR) is 61.2 cm³/mol. The van der Waals surface area contributed by atoms with Crippen LogP contribution in [0.1, 0.15) is 19.3 Å². The van der Waals surface area contributed by atoms with Gasteiger partial charge in [0, 0.05) is 25.7 Å². The summed E-state index contributed by atoms with van der Waals surface area (Å²) in [6.45, 7) is 3.60. The molecule has 1 atom stereocenters. The van der Waals surface area contributed by atoms with Crippen LogP contribution in [-0.2, 0) is 9.53 Å². The minimum Gasteiger partial charge on any atom is -0.469 e. The third-order valence-electron chi connectivity index (χ3n) is 2.91. The number of aliphatic hydroxyl groups is 1. The van der Waals surface area contributed by atoms with Gasteiger partial charge in [-0.25, -0.2) is 0 Å². The molecule has 0 saturated carbocycles. The van der Waals surface area contributed by atoms with Crippen molar-refractivity contribution in [1.82, 2.24) is 10.2 Å². The first-order chi connectivity index (χ1) is 7.76. The van der Waals surface area contributed by atoms with Gasteiger partial charge >= 0.3 is 5.97 Å². The van der Waals surface area contributed by atoms with Crippen LogP contribution >= 0.6 is 0 Å². The summed E-state index contributed by atoms with van der Waals surface area (Å²) in [5.74, 6) is -0.148. The number of nitrogens with one attached hydrogen (secondary N) is 1. The Labute approximate surface area is 96.8 Å². The first kappa shape index (κ1) is 13.4. The van der Waals surface area contributed by atoms with E-state index in [9.17, 15) is 4.79 Å². The number of aliphatic hydroxyl groups excluding tert-OH is 1. The molecule has 0 radical (unpaired) electrons. The van der Waals surface area contributed by atoms with Gasteiger partial charge in [-0.05, 0) is 19.4 Å². The highest BCUT2D eigenvalue weighted by Gasteiger charge is 2.19. The molecule has 1 aliphatic rings. The summed E-state index contributed by atoms with van der Waals surface area (Å²) < 4.78 is 4.62. The Hall–Kier alpha value is -0.650. The Morgan fingerprint density at radius 1 is 1.62 bits per heavy atom. The highest BCUT2D eigenvalue weighted by atomic mass is 16.5. The van der Waals surface area contributed by atoms with Gasteiger partial charge in [0.25, 0.3) is 0 Å². The monoisotopic (exact) mass is 230 g/mol. The van der Waals surface area contributed by atoms with Gasteiger partial charge in [0.05, 0.1) is 20.1 Å². The standard InChI is InChI=1S/C11H22N2O3/c1-16-11(15)4-7-13-6-2-3-10(9-13)12-5-8-14/h10,12,14H,2-9H2,1H3. The fourth-order valence-corrected chi connectivity index (χ4v) is 2.05. The summed E-state index contributed by atoms with van der Waals surface area (Å²) in [5.41, 5.74) is 0. The van der Waals surface area contributed by atoms with Crippen molar-refractivity contribution in [3.8, 4) is 0 Å². The fourth-order valence-electron chi connectivity index (χ4n) is 2.05. The van der Waals surface area contributed by atoms with Crippen molar-refractivity contribution in [1.29, 1.82) is 0 Å². The molecule has 1 aliphatic heterocycles. The summed E-state index contributed by atoms with van der Waals surface area (Å²) in [4.78, 5) is 13.3. The van der Waals surface area contributed by atoms with Crippen LogP contribution in [0.3, 0.4) is 0 Å². The molecule has 16 heavy (non-hydrogen) atoms. The lowest BCUT2D eigenvalue weighted by atomic mass is 10.1. The Balaban J connectivity index is 2.19. The van der Waals surface area contributed by atoms with Gasteiger partial charge in [0.2, 0.25) is 0 Å². The maximum Gasteiger partial charge on any atom is 0.306 e. The second kappa shape index (κ2) is 7.60. The molecule has 0 amide bonds. The van der Waals surface area contributed by atoms with E-state index < -0.39 is 0 Å². The number of rotatable bonds is 6. The second-order valence-electron chi connectivity index (χ2n) is 4.14. The van der Waals surface area contributed by atoms with Crippen molar-refractivity contribution in [2.75, 3.05) is 39.9 Å². The molecule has 1 heterocycles. The average molecular weight is 230 g/mol. The number of carbonyl (C=O) groups excluding carboxylic acids is 1. The van der Waals surface area contributed by atoms with E-state index in [1.165, 1.54) is 7.11 Å². The van der Waals surface area contributed by atoms with Crippen LogP contribution in [0, 0.1) is 0 Å². The number of hydrogen-bond donors (Lipinski definition) is 2. The molecule has 0 bridgehead atoms. The Bertz CT molecular complexity index is 211. The van der Waals surface area contributed by atoms with Crippen LogP contribution in [-0.4, -0.2) is 61.9 Å². The Morgan fingerprint density at radius 3 is 3.12 bits per heavy atom. The topological polar surface area (TPSA) is 61.8 Å². The smallest absolute Gasteiger partial charge is 0.306 e. The van der Waals surface area contributed by atoms with Crippen LogP contribution in [0.2, 0.25) is 0 Å². The van der Waals surface area contributed by atoms with Crippen LogP contribution < -0.4 is 5.32 Å². The molecular formula is C11H22N2O3. The van der Waals surface area contributed by atoms with Gasteiger partial charge in [-0.1, -0.05) is 0 Å². The lowest BCUT2D eigenvalue weighted by Gasteiger charge is -2.32. The lowest BCUT2D eigenvalue weighted by Crippen LogP contribution is -2.46. The number of carbonyl (C=O) groups is 1. The molecule has 5 nitrogen and oxygen atoms in total. The second-order valence-corrected chi connectivity index (χ2v) is 4.14. The zero-order valence-electron chi connectivity index (χ0n) is 9.95. The van der Waals surface area contributed by atoms with Crippen molar-refractivity contribution in [3.63, 3.8) is 0 Å². The maximum atomic E-state index is 11.0. The Kier molecular flexibility index (Phi) is 6.37. The van der Waals surface area contributed by atoms with E-state index in [1.807, 2.05) is 0 Å². The quantitative estimate of drug-likeness (QED) is 0.608. The van der Waals surface area contributed by atoms with Crippen LogP contribution in [0.25, 0.3) is 0 Å². The first-order valence-electron chi connectivity index (χ1n) is 5.89. The number of likely N-dealkylation sites (tertiary alicyclic amines) is 1. The summed E-state index contributed by atoms with van der Waals surface area (Å²) in [6.07, 6.45) is 2.75. The Morgan fingerprint density at radius 2 is 2.44 bits per heavy atom. The first-order valence-corrected chi connectivity index (χ1v) is 5.89. The van der Waals surface area contributed by atoms with Gasteiger partial charge in [0.1, 0.15) is 0 Å². The highest BCUT2D eigenvalue weighted by Crippen LogP contribution is 2.10. The molecule has 0 aliphatic carbocycles. The number of piperidine rings is 1. The van der Waals surface area contributed by atoms with E-state index in [-0.39, 0.29) is 12.6 Å². The number of ether oxygens (including phenoxy) is 1. The van der Waals surface area contributed by atoms with Gasteiger partial charge in [-0.15, -0.1) is 0 Å². The SMILES string of the molecule is COC(=O)CCN1CCCC(NCCO)C1. The third kappa shape index (κ3) is 4.92. The molecule has 0 spiro atoms. The zero-order valence-corrected chi connectivity index (χ0v) is 9.95. The van der Waals surface area contributed by atoms with E-state index in [0.29, 0.717) is 19.0 Å². The van der Waals surface area contributed by atoms with Crippen molar-refractivity contribution < 1.29 is 14.6 Å². The van der Waals surface area contributed by atoms with Crippen LogP contribution in [0.5, 0.6) is 0 Å². The molecule has 0 aromatic carbocycles. The number of hydrogen-bond acceptors (Lipinski definition) is 5. The van der Waals surface area contributed by atoms with Gasteiger partial charge in [0.15, 0.2) is 0 Å². The molecular weight excluding hydrogens is 208 g/mol. The summed E-state index contributed by atoms with van der Waals surface area (Å²) in [6, 6.07) is 0.443. The fraction of sp³-hybridized carbons (Fsp3) is 0.909. The molecule has 5 heteroatoms. The van der Waals surface area contributed by atoms with Gasteiger partial charge < -0.3 is 20.1 Å². The lowest BCUT2D eigenvalue weighted by molar-refractivity contribution is -0.141. The zero-order chi connectivity index (χ0) is 11.8.